The molecule has 0 spiro atoms. The number of aliphatic hydroxyl groups excluding tert-OH is 1. The summed E-state index contributed by atoms with van der Waals surface area (Å²) in [6, 6.07) is 11.4. The smallest absolute Gasteiger partial charge is 0.339 e. The van der Waals surface area contributed by atoms with Crippen LogP contribution in [0, 0.1) is 0 Å². The number of aromatic hydroxyl groups is 1. The zero-order chi connectivity index (χ0) is 19.0. The van der Waals surface area contributed by atoms with E-state index in [0.29, 0.717) is 22.5 Å². The van der Waals surface area contributed by atoms with Crippen LogP contribution in [-0.4, -0.2) is 35.5 Å². The first kappa shape index (κ1) is 20.1. The third kappa shape index (κ3) is 4.51. The van der Waals surface area contributed by atoms with Crippen LogP contribution in [-0.2, 0) is 0 Å². The van der Waals surface area contributed by atoms with Crippen molar-refractivity contribution in [3.05, 3.63) is 48.0 Å². The number of rotatable bonds is 3. The topological polar surface area (TPSA) is 100 Å². The standard InChI is InChI=1S/C16H12O5.C2H6.CH4O/c1-20-12-6-10-7-14(9-2-4-11(17)5-3-9)21-15(10)13(8-12)16(18)19;2*1-2/h2-8,17H,1H3,(H,18,19);1-2H3;2H,1H3. The van der Waals surface area contributed by atoms with Crippen LogP contribution in [0.2, 0.25) is 0 Å². The van der Waals surface area contributed by atoms with Crippen molar-refractivity contribution in [2.24, 2.45) is 0 Å². The maximum absolute atomic E-state index is 11.3. The monoisotopic (exact) mass is 346 g/mol. The fraction of sp³-hybridized carbons (Fsp3) is 0.211. The molecule has 3 aromatic rings. The van der Waals surface area contributed by atoms with Gasteiger partial charge < -0.3 is 24.5 Å². The first-order chi connectivity index (χ1) is 12.1. The van der Waals surface area contributed by atoms with Gasteiger partial charge in [-0.05, 0) is 42.5 Å². The molecular formula is C19H22O6. The molecule has 1 aromatic heterocycles. The number of phenols is 1. The summed E-state index contributed by atoms with van der Waals surface area (Å²) in [7, 11) is 2.48. The van der Waals surface area contributed by atoms with Crippen LogP contribution >= 0.6 is 0 Å². The Labute approximate surface area is 145 Å². The summed E-state index contributed by atoms with van der Waals surface area (Å²) in [5.41, 5.74) is 1.10. The molecule has 0 radical (unpaired) electrons. The van der Waals surface area contributed by atoms with Crippen LogP contribution in [0.15, 0.2) is 46.9 Å². The van der Waals surface area contributed by atoms with E-state index >= 15 is 0 Å². The van der Waals surface area contributed by atoms with Gasteiger partial charge in [-0.25, -0.2) is 4.79 Å². The highest BCUT2D eigenvalue weighted by Crippen LogP contribution is 2.33. The quantitative estimate of drug-likeness (QED) is 0.659. The number of ether oxygens (including phenoxy) is 1. The van der Waals surface area contributed by atoms with Crippen LogP contribution in [0.4, 0.5) is 0 Å². The van der Waals surface area contributed by atoms with E-state index in [4.69, 9.17) is 14.3 Å². The highest BCUT2D eigenvalue weighted by molar-refractivity contribution is 6.03. The molecule has 6 nitrogen and oxygen atoms in total. The van der Waals surface area contributed by atoms with Gasteiger partial charge in [0, 0.05) is 18.1 Å². The molecule has 0 saturated carbocycles. The summed E-state index contributed by atoms with van der Waals surface area (Å²) < 4.78 is 10.8. The molecule has 0 bridgehead atoms. The lowest BCUT2D eigenvalue weighted by atomic mass is 10.1. The third-order valence-corrected chi connectivity index (χ3v) is 3.21. The van der Waals surface area contributed by atoms with E-state index in [0.717, 1.165) is 12.7 Å². The molecule has 6 heteroatoms. The van der Waals surface area contributed by atoms with Crippen molar-refractivity contribution in [3.8, 4) is 22.8 Å². The van der Waals surface area contributed by atoms with Gasteiger partial charge in [0.05, 0.1) is 7.11 Å². The van der Waals surface area contributed by atoms with E-state index in [9.17, 15) is 15.0 Å². The van der Waals surface area contributed by atoms with Crippen LogP contribution in [0.5, 0.6) is 11.5 Å². The van der Waals surface area contributed by atoms with E-state index in [1.54, 1.807) is 36.4 Å². The van der Waals surface area contributed by atoms with Gasteiger partial charge in [0.15, 0.2) is 0 Å². The van der Waals surface area contributed by atoms with E-state index in [1.807, 2.05) is 13.8 Å². The second-order valence-electron chi connectivity index (χ2n) is 4.56. The van der Waals surface area contributed by atoms with Gasteiger partial charge in [-0.15, -0.1) is 0 Å². The number of hydrogen-bond donors (Lipinski definition) is 3. The fourth-order valence-corrected chi connectivity index (χ4v) is 2.17. The Morgan fingerprint density at radius 2 is 1.64 bits per heavy atom. The van der Waals surface area contributed by atoms with E-state index in [-0.39, 0.29) is 11.3 Å². The molecule has 0 aliphatic carbocycles. The van der Waals surface area contributed by atoms with Crippen LogP contribution < -0.4 is 4.74 Å². The lowest BCUT2D eigenvalue weighted by molar-refractivity contribution is 0.0697. The number of hydrogen-bond acceptors (Lipinski definition) is 5. The summed E-state index contributed by atoms with van der Waals surface area (Å²) in [5.74, 6) is 0.0620. The molecule has 0 saturated heterocycles. The third-order valence-electron chi connectivity index (χ3n) is 3.21. The van der Waals surface area contributed by atoms with Crippen LogP contribution in [0.3, 0.4) is 0 Å². The molecule has 0 amide bonds. The Morgan fingerprint density at radius 1 is 1.04 bits per heavy atom. The number of methoxy groups -OCH3 is 1. The molecule has 3 rings (SSSR count). The van der Waals surface area contributed by atoms with Gasteiger partial charge in [-0.2, -0.15) is 0 Å². The van der Waals surface area contributed by atoms with Gasteiger partial charge in [-0.1, -0.05) is 13.8 Å². The SMILES string of the molecule is CC.CO.COc1cc(C(=O)O)c2oc(-c3ccc(O)cc3)cc2c1. The Morgan fingerprint density at radius 3 is 2.16 bits per heavy atom. The Hall–Kier alpha value is -2.99. The lowest BCUT2D eigenvalue weighted by Crippen LogP contribution is -1.97. The zero-order valence-corrected chi connectivity index (χ0v) is 14.6. The fourth-order valence-electron chi connectivity index (χ4n) is 2.17. The van der Waals surface area contributed by atoms with Crippen molar-refractivity contribution in [2.45, 2.75) is 13.8 Å². The zero-order valence-electron chi connectivity index (χ0n) is 14.6. The number of aromatic carboxylic acids is 1. The average Bonchev–Trinajstić information content (AvgIpc) is 3.08. The number of phenolic OH excluding ortho intramolecular Hbond substituents is 1. The van der Waals surface area contributed by atoms with Gasteiger partial charge in [0.25, 0.3) is 0 Å². The maximum atomic E-state index is 11.3. The number of fused-ring (bicyclic) bond motifs is 1. The van der Waals surface area contributed by atoms with Crippen molar-refractivity contribution in [1.82, 2.24) is 0 Å². The first-order valence-corrected chi connectivity index (χ1v) is 7.67. The summed E-state index contributed by atoms with van der Waals surface area (Å²) in [6.45, 7) is 4.00. The van der Waals surface area contributed by atoms with Crippen molar-refractivity contribution in [1.29, 1.82) is 0 Å². The normalized spacial score (nSPS) is 9.48. The number of benzene rings is 2. The maximum Gasteiger partial charge on any atom is 0.339 e. The van der Waals surface area contributed by atoms with Crippen LogP contribution in [0.25, 0.3) is 22.3 Å². The summed E-state index contributed by atoms with van der Waals surface area (Å²) in [5, 5.41) is 26.2. The Kier molecular flexibility index (Phi) is 7.49. The number of carboxylic acids is 1. The second kappa shape index (κ2) is 9.34. The number of aliphatic hydroxyl groups is 1. The Balaban J connectivity index is 0.000000730. The van der Waals surface area contributed by atoms with Gasteiger partial charge in [0.1, 0.15) is 28.4 Å². The second-order valence-corrected chi connectivity index (χ2v) is 4.56. The number of furan rings is 1. The molecule has 1 heterocycles. The molecule has 134 valence electrons. The van der Waals surface area contributed by atoms with Crippen molar-refractivity contribution in [3.63, 3.8) is 0 Å². The van der Waals surface area contributed by atoms with Gasteiger partial charge >= 0.3 is 5.97 Å². The molecular weight excluding hydrogens is 324 g/mol. The minimum absolute atomic E-state index is 0.0504. The van der Waals surface area contributed by atoms with Crippen LogP contribution in [0.1, 0.15) is 24.2 Å². The predicted molar refractivity (Wildman–Crippen MR) is 96.3 cm³/mol. The first-order valence-electron chi connectivity index (χ1n) is 7.67. The molecule has 3 N–H and O–H groups in total. The summed E-state index contributed by atoms with van der Waals surface area (Å²) in [4.78, 5) is 11.3. The molecule has 0 atom stereocenters. The predicted octanol–water partition coefficient (Wildman–Crippen LogP) is 4.15. The molecule has 0 unspecified atom stereocenters. The molecule has 0 aliphatic rings. The molecule has 2 aromatic carbocycles. The van der Waals surface area contributed by atoms with Crippen molar-refractivity contribution < 1.29 is 29.3 Å². The average molecular weight is 346 g/mol. The van der Waals surface area contributed by atoms with Crippen molar-refractivity contribution >= 4 is 16.9 Å². The van der Waals surface area contributed by atoms with Crippen molar-refractivity contribution in [2.75, 3.05) is 14.2 Å². The summed E-state index contributed by atoms with van der Waals surface area (Å²) >= 11 is 0. The van der Waals surface area contributed by atoms with E-state index in [2.05, 4.69) is 0 Å². The Bertz CT molecular complexity index is 818. The minimum Gasteiger partial charge on any atom is -0.508 e. The van der Waals surface area contributed by atoms with Gasteiger partial charge in [-0.3, -0.25) is 0 Å². The molecule has 25 heavy (non-hydrogen) atoms. The van der Waals surface area contributed by atoms with E-state index < -0.39 is 5.97 Å². The summed E-state index contributed by atoms with van der Waals surface area (Å²) in [6.07, 6.45) is 0. The van der Waals surface area contributed by atoms with Gasteiger partial charge in [0.2, 0.25) is 0 Å². The highest BCUT2D eigenvalue weighted by atomic mass is 16.5. The molecule has 0 aliphatic heterocycles. The highest BCUT2D eigenvalue weighted by Gasteiger charge is 2.16. The number of carboxylic acid groups (broad SMARTS) is 1. The number of carbonyl (C=O) groups is 1. The van der Waals surface area contributed by atoms with E-state index in [1.165, 1.54) is 13.2 Å². The largest absolute Gasteiger partial charge is 0.508 e. The lowest BCUT2D eigenvalue weighted by Gasteiger charge is -2.01. The minimum atomic E-state index is -1.08. The molecule has 0 fully saturated rings.